The molecule has 0 radical (unpaired) electrons. The number of hydrogen-bond acceptors (Lipinski definition) is 4. The van der Waals surface area contributed by atoms with Crippen molar-refractivity contribution in [2.24, 2.45) is 5.92 Å². The number of carboxylic acids is 1. The lowest BCUT2D eigenvalue weighted by atomic mass is 10.1. The Morgan fingerprint density at radius 3 is 2.80 bits per heavy atom. The maximum Gasteiger partial charge on any atom is 0.332 e. The van der Waals surface area contributed by atoms with Crippen LogP contribution in [0.4, 0.5) is 0 Å². The van der Waals surface area contributed by atoms with Crippen molar-refractivity contribution in [2.75, 3.05) is 19.6 Å². The second-order valence-electron chi connectivity index (χ2n) is 3.62. The average molecular weight is 216 g/mol. The van der Waals surface area contributed by atoms with Gasteiger partial charge in [-0.25, -0.2) is 4.79 Å². The summed E-state index contributed by atoms with van der Waals surface area (Å²) in [6.07, 6.45) is -0.541. The van der Waals surface area contributed by atoms with Crippen LogP contribution in [0.3, 0.4) is 0 Å². The molecule has 1 heterocycles. The van der Waals surface area contributed by atoms with Gasteiger partial charge in [0.1, 0.15) is 0 Å². The Labute approximate surface area is 87.7 Å². The van der Waals surface area contributed by atoms with Crippen LogP contribution in [0, 0.1) is 5.92 Å². The third-order valence-electron chi connectivity index (χ3n) is 2.43. The van der Waals surface area contributed by atoms with Gasteiger partial charge in [-0.3, -0.25) is 4.79 Å². The molecule has 4 N–H and O–H groups in total. The molecule has 1 fully saturated rings. The third kappa shape index (κ3) is 3.85. The van der Waals surface area contributed by atoms with E-state index in [2.05, 4.69) is 10.6 Å². The van der Waals surface area contributed by atoms with Gasteiger partial charge >= 0.3 is 5.97 Å². The second kappa shape index (κ2) is 5.67. The minimum atomic E-state index is -1.40. The first-order valence-electron chi connectivity index (χ1n) is 5.00. The predicted octanol–water partition coefficient (Wildman–Crippen LogP) is -1.45. The molecule has 6 nitrogen and oxygen atoms in total. The summed E-state index contributed by atoms with van der Waals surface area (Å²) in [7, 11) is 0. The van der Waals surface area contributed by atoms with E-state index in [9.17, 15) is 9.59 Å². The summed E-state index contributed by atoms with van der Waals surface area (Å²) in [5, 5.41) is 23.0. The van der Waals surface area contributed by atoms with E-state index in [4.69, 9.17) is 10.2 Å². The van der Waals surface area contributed by atoms with Crippen LogP contribution in [0.2, 0.25) is 0 Å². The van der Waals surface area contributed by atoms with Gasteiger partial charge in [0.25, 0.3) is 0 Å². The molecule has 1 aliphatic heterocycles. The van der Waals surface area contributed by atoms with Crippen molar-refractivity contribution >= 4 is 11.9 Å². The van der Waals surface area contributed by atoms with Gasteiger partial charge in [0.15, 0.2) is 6.10 Å². The molecule has 6 heteroatoms. The summed E-state index contributed by atoms with van der Waals surface area (Å²) in [4.78, 5) is 21.7. The summed E-state index contributed by atoms with van der Waals surface area (Å²) >= 11 is 0. The molecular formula is C9H16N2O4. The zero-order chi connectivity index (χ0) is 11.3. The Bertz CT molecular complexity index is 238. The molecule has 1 amide bonds. The van der Waals surface area contributed by atoms with Gasteiger partial charge in [-0.15, -0.1) is 0 Å². The third-order valence-corrected chi connectivity index (χ3v) is 2.43. The minimum absolute atomic E-state index is 0.0213. The van der Waals surface area contributed by atoms with E-state index in [1.807, 2.05) is 0 Å². The summed E-state index contributed by atoms with van der Waals surface area (Å²) in [5.41, 5.74) is 0. The summed E-state index contributed by atoms with van der Waals surface area (Å²) in [6, 6.07) is 0. The zero-order valence-corrected chi connectivity index (χ0v) is 8.40. The fourth-order valence-electron chi connectivity index (χ4n) is 1.48. The molecule has 0 aromatic carbocycles. The predicted molar refractivity (Wildman–Crippen MR) is 52.2 cm³/mol. The smallest absolute Gasteiger partial charge is 0.332 e. The molecule has 2 atom stereocenters. The number of aliphatic carboxylic acids is 1. The number of rotatable bonds is 5. The zero-order valence-electron chi connectivity index (χ0n) is 8.40. The van der Waals surface area contributed by atoms with Crippen molar-refractivity contribution in [1.29, 1.82) is 0 Å². The van der Waals surface area contributed by atoms with Gasteiger partial charge in [0, 0.05) is 19.5 Å². The van der Waals surface area contributed by atoms with Gasteiger partial charge in [-0.2, -0.15) is 0 Å². The first kappa shape index (κ1) is 11.9. The van der Waals surface area contributed by atoms with Gasteiger partial charge in [-0.1, -0.05) is 0 Å². The Balaban J connectivity index is 2.14. The molecule has 1 unspecified atom stereocenters. The van der Waals surface area contributed by atoms with Crippen LogP contribution in [0.15, 0.2) is 0 Å². The summed E-state index contributed by atoms with van der Waals surface area (Å²) < 4.78 is 0. The minimum Gasteiger partial charge on any atom is -0.479 e. The molecule has 86 valence electrons. The van der Waals surface area contributed by atoms with Gasteiger partial charge in [-0.05, 0) is 13.0 Å². The van der Waals surface area contributed by atoms with Crippen LogP contribution in [-0.4, -0.2) is 47.8 Å². The van der Waals surface area contributed by atoms with Crippen LogP contribution >= 0.6 is 0 Å². The van der Waals surface area contributed by atoms with E-state index in [0.717, 1.165) is 13.0 Å². The van der Waals surface area contributed by atoms with Crippen LogP contribution < -0.4 is 10.6 Å². The number of carbonyl (C=O) groups excluding carboxylic acids is 1. The molecule has 1 saturated heterocycles. The van der Waals surface area contributed by atoms with Crippen molar-refractivity contribution < 1.29 is 19.8 Å². The van der Waals surface area contributed by atoms with Crippen LogP contribution in [-0.2, 0) is 9.59 Å². The molecule has 0 spiro atoms. The molecule has 0 aliphatic carbocycles. The normalized spacial score (nSPS) is 22.3. The fraction of sp³-hybridized carbons (Fsp3) is 0.778. The van der Waals surface area contributed by atoms with Crippen LogP contribution in [0.1, 0.15) is 12.8 Å². The lowest BCUT2D eigenvalue weighted by Gasteiger charge is -2.10. The van der Waals surface area contributed by atoms with Crippen molar-refractivity contribution in [3.63, 3.8) is 0 Å². The Kier molecular flexibility index (Phi) is 4.51. The number of aliphatic hydroxyl groups is 1. The van der Waals surface area contributed by atoms with E-state index in [0.29, 0.717) is 6.54 Å². The van der Waals surface area contributed by atoms with Crippen molar-refractivity contribution in [1.82, 2.24) is 10.6 Å². The number of amides is 1. The Morgan fingerprint density at radius 2 is 2.27 bits per heavy atom. The largest absolute Gasteiger partial charge is 0.479 e. The van der Waals surface area contributed by atoms with E-state index >= 15 is 0 Å². The molecule has 15 heavy (non-hydrogen) atoms. The quantitative estimate of drug-likeness (QED) is 0.450. The highest BCUT2D eigenvalue weighted by molar-refractivity contribution is 5.79. The second-order valence-corrected chi connectivity index (χ2v) is 3.62. The lowest BCUT2D eigenvalue weighted by molar-refractivity contribution is -0.147. The number of aliphatic hydroxyl groups excluding tert-OH is 1. The standard InChI is InChI=1S/C9H16N2O4/c12-7(9(14)15)2-4-11-8(13)6-1-3-10-5-6/h6-7,10,12H,1-5H2,(H,11,13)(H,14,15)/t6?,7-/m0/s1. The van der Waals surface area contributed by atoms with Crippen molar-refractivity contribution in [3.8, 4) is 0 Å². The fourth-order valence-corrected chi connectivity index (χ4v) is 1.48. The maximum absolute atomic E-state index is 11.4. The highest BCUT2D eigenvalue weighted by atomic mass is 16.4. The van der Waals surface area contributed by atoms with E-state index in [1.165, 1.54) is 0 Å². The highest BCUT2D eigenvalue weighted by Gasteiger charge is 2.22. The van der Waals surface area contributed by atoms with Gasteiger partial charge in [0.2, 0.25) is 5.91 Å². The highest BCUT2D eigenvalue weighted by Crippen LogP contribution is 2.06. The first-order valence-corrected chi connectivity index (χ1v) is 5.00. The number of carbonyl (C=O) groups is 2. The van der Waals surface area contributed by atoms with Crippen LogP contribution in [0.25, 0.3) is 0 Å². The van der Waals surface area contributed by atoms with E-state index in [-0.39, 0.29) is 24.8 Å². The number of nitrogens with one attached hydrogen (secondary N) is 2. The first-order chi connectivity index (χ1) is 7.11. The topological polar surface area (TPSA) is 98.7 Å². The van der Waals surface area contributed by atoms with Gasteiger partial charge < -0.3 is 20.8 Å². The summed E-state index contributed by atoms with van der Waals surface area (Å²) in [6.45, 7) is 1.71. The number of hydrogen-bond donors (Lipinski definition) is 4. The molecular weight excluding hydrogens is 200 g/mol. The van der Waals surface area contributed by atoms with Crippen molar-refractivity contribution in [2.45, 2.75) is 18.9 Å². The van der Waals surface area contributed by atoms with E-state index in [1.54, 1.807) is 0 Å². The van der Waals surface area contributed by atoms with Gasteiger partial charge in [0.05, 0.1) is 5.92 Å². The molecule has 0 bridgehead atoms. The van der Waals surface area contributed by atoms with E-state index < -0.39 is 12.1 Å². The molecule has 0 saturated carbocycles. The Morgan fingerprint density at radius 1 is 1.53 bits per heavy atom. The van der Waals surface area contributed by atoms with Crippen LogP contribution in [0.5, 0.6) is 0 Å². The average Bonchev–Trinajstić information content (AvgIpc) is 2.70. The molecule has 0 aromatic heterocycles. The molecule has 0 aromatic rings. The maximum atomic E-state index is 11.4. The monoisotopic (exact) mass is 216 g/mol. The lowest BCUT2D eigenvalue weighted by Crippen LogP contribution is -2.35. The molecule has 1 aliphatic rings. The summed E-state index contributed by atoms with van der Waals surface area (Å²) in [5.74, 6) is -1.35. The molecule has 1 rings (SSSR count). The van der Waals surface area contributed by atoms with Crippen molar-refractivity contribution in [3.05, 3.63) is 0 Å². The Hall–Kier alpha value is -1.14. The number of carboxylic acid groups (broad SMARTS) is 1. The SMILES string of the molecule is O=C(NCC[C@H](O)C(=O)O)C1CCNC1.